The summed E-state index contributed by atoms with van der Waals surface area (Å²) in [6.07, 6.45) is 6.93. The third kappa shape index (κ3) is 3.99. The molecule has 1 aliphatic rings. The molecule has 0 heterocycles. The van der Waals surface area contributed by atoms with Crippen molar-refractivity contribution >= 4 is 5.91 Å². The molecule has 3 rings (SSSR count). The van der Waals surface area contributed by atoms with Crippen LogP contribution < -0.4 is 5.48 Å². The van der Waals surface area contributed by atoms with Gasteiger partial charge in [0.1, 0.15) is 0 Å². The number of hydrogen-bond acceptors (Lipinski definition) is 2. The van der Waals surface area contributed by atoms with Gasteiger partial charge in [0.25, 0.3) is 5.91 Å². The van der Waals surface area contributed by atoms with Gasteiger partial charge in [0, 0.05) is 5.56 Å². The fourth-order valence-corrected chi connectivity index (χ4v) is 3.52. The first kappa shape index (κ1) is 15.8. The van der Waals surface area contributed by atoms with E-state index in [1.165, 1.54) is 36.0 Å². The molecule has 0 aliphatic heterocycles. The molecule has 0 fully saturated rings. The number of rotatable bonds is 5. The fourth-order valence-electron chi connectivity index (χ4n) is 3.52. The lowest BCUT2D eigenvalue weighted by atomic mass is 9.80. The molecule has 1 unspecified atom stereocenters. The number of aryl methyl sites for hydroxylation is 2. The molecular weight excluding hydrogens is 286 g/mol. The minimum atomic E-state index is -0.431. The molecule has 2 aromatic carbocycles. The lowest BCUT2D eigenvalue weighted by molar-refractivity contribution is 0.0706. The third-order valence-electron chi connectivity index (χ3n) is 4.82. The molecule has 1 amide bonds. The van der Waals surface area contributed by atoms with Crippen LogP contribution in [0, 0.1) is 5.92 Å². The van der Waals surface area contributed by atoms with Crippen molar-refractivity contribution in [3.63, 3.8) is 0 Å². The molecule has 120 valence electrons. The van der Waals surface area contributed by atoms with Gasteiger partial charge in [-0.2, -0.15) is 0 Å². The van der Waals surface area contributed by atoms with Crippen LogP contribution in [0.15, 0.2) is 48.5 Å². The van der Waals surface area contributed by atoms with Crippen LogP contribution in [0.3, 0.4) is 0 Å². The van der Waals surface area contributed by atoms with Crippen molar-refractivity contribution < 1.29 is 10.0 Å². The van der Waals surface area contributed by atoms with Gasteiger partial charge in [-0.3, -0.25) is 10.0 Å². The summed E-state index contributed by atoms with van der Waals surface area (Å²) < 4.78 is 0. The minimum absolute atomic E-state index is 0.431. The Hall–Kier alpha value is -2.13. The van der Waals surface area contributed by atoms with Gasteiger partial charge in [-0.05, 0) is 73.3 Å². The first-order valence-corrected chi connectivity index (χ1v) is 8.36. The molecular formula is C20H23NO2. The lowest BCUT2D eigenvalue weighted by Gasteiger charge is -2.25. The Balaban J connectivity index is 1.57. The molecule has 3 nitrogen and oxygen atoms in total. The molecule has 1 aliphatic carbocycles. The lowest BCUT2D eigenvalue weighted by Crippen LogP contribution is -2.20. The van der Waals surface area contributed by atoms with E-state index in [2.05, 4.69) is 30.3 Å². The number of carbonyl (C=O) groups is 1. The molecule has 2 aromatic rings. The maximum atomic E-state index is 11.5. The van der Waals surface area contributed by atoms with Crippen molar-refractivity contribution in [2.75, 3.05) is 0 Å². The average molecular weight is 309 g/mol. The molecule has 1 atom stereocenters. The van der Waals surface area contributed by atoms with E-state index in [4.69, 9.17) is 5.21 Å². The van der Waals surface area contributed by atoms with E-state index in [-0.39, 0.29) is 0 Å². The quantitative estimate of drug-likeness (QED) is 0.649. The maximum Gasteiger partial charge on any atom is 0.274 e. The monoisotopic (exact) mass is 309 g/mol. The summed E-state index contributed by atoms with van der Waals surface area (Å²) in [5.74, 6) is 0.262. The number of nitrogens with one attached hydrogen (secondary N) is 1. The van der Waals surface area contributed by atoms with Crippen molar-refractivity contribution in [1.29, 1.82) is 0 Å². The van der Waals surface area contributed by atoms with Crippen molar-refractivity contribution in [2.45, 2.75) is 38.5 Å². The Labute approximate surface area is 137 Å². The molecule has 23 heavy (non-hydrogen) atoms. The summed E-state index contributed by atoms with van der Waals surface area (Å²) in [5.41, 5.74) is 6.27. The van der Waals surface area contributed by atoms with Crippen LogP contribution in [0.1, 0.15) is 46.3 Å². The van der Waals surface area contributed by atoms with Crippen molar-refractivity contribution in [3.8, 4) is 0 Å². The minimum Gasteiger partial charge on any atom is -0.288 e. The number of carbonyl (C=O) groups excluding carboxylic acids is 1. The van der Waals surface area contributed by atoms with Gasteiger partial charge >= 0.3 is 0 Å². The van der Waals surface area contributed by atoms with Crippen LogP contribution in [0.5, 0.6) is 0 Å². The highest BCUT2D eigenvalue weighted by atomic mass is 16.5. The van der Waals surface area contributed by atoms with Crippen LogP contribution in [0.2, 0.25) is 0 Å². The van der Waals surface area contributed by atoms with Gasteiger partial charge in [0.15, 0.2) is 0 Å². The second kappa shape index (κ2) is 7.42. The number of amides is 1. The molecule has 0 radical (unpaired) electrons. The van der Waals surface area contributed by atoms with Crippen LogP contribution in [0.4, 0.5) is 0 Å². The Kier molecular flexibility index (Phi) is 5.09. The number of fused-ring (bicyclic) bond motifs is 1. The zero-order chi connectivity index (χ0) is 16.1. The molecule has 0 saturated heterocycles. The SMILES string of the molecule is O=C(NO)c1ccc2c(c1)CC(CCCc1ccccc1)CC2. The summed E-state index contributed by atoms with van der Waals surface area (Å²) >= 11 is 0. The van der Waals surface area contributed by atoms with Gasteiger partial charge in [-0.25, -0.2) is 5.48 Å². The fraction of sp³-hybridized carbons (Fsp3) is 0.350. The summed E-state index contributed by atoms with van der Waals surface area (Å²) in [6.45, 7) is 0. The second-order valence-corrected chi connectivity index (χ2v) is 6.41. The van der Waals surface area contributed by atoms with Crippen LogP contribution >= 0.6 is 0 Å². The number of hydroxylamine groups is 1. The van der Waals surface area contributed by atoms with Crippen molar-refractivity contribution in [1.82, 2.24) is 5.48 Å². The van der Waals surface area contributed by atoms with Crippen LogP contribution in [0.25, 0.3) is 0 Å². The van der Waals surface area contributed by atoms with E-state index in [9.17, 15) is 4.79 Å². The van der Waals surface area contributed by atoms with Gasteiger partial charge < -0.3 is 0 Å². The van der Waals surface area contributed by atoms with Crippen LogP contribution in [-0.2, 0) is 19.3 Å². The highest BCUT2D eigenvalue weighted by Gasteiger charge is 2.19. The summed E-state index contributed by atoms with van der Waals surface area (Å²) in [4.78, 5) is 11.5. The Morgan fingerprint density at radius 2 is 1.96 bits per heavy atom. The molecule has 0 bridgehead atoms. The summed E-state index contributed by atoms with van der Waals surface area (Å²) in [7, 11) is 0. The standard InChI is InChI=1S/C20H23NO2/c22-20(21-23)18-12-11-17-10-9-16(13-19(17)14-18)8-4-7-15-5-2-1-3-6-15/h1-3,5-6,11-12,14,16,23H,4,7-10,13H2,(H,21,22). The Morgan fingerprint density at radius 1 is 1.13 bits per heavy atom. The van der Waals surface area contributed by atoms with E-state index >= 15 is 0 Å². The zero-order valence-corrected chi connectivity index (χ0v) is 13.3. The highest BCUT2D eigenvalue weighted by molar-refractivity contribution is 5.93. The van der Waals surface area contributed by atoms with Crippen molar-refractivity contribution in [3.05, 3.63) is 70.8 Å². The second-order valence-electron chi connectivity index (χ2n) is 6.41. The Morgan fingerprint density at radius 3 is 2.74 bits per heavy atom. The van der Waals surface area contributed by atoms with E-state index in [0.29, 0.717) is 11.5 Å². The highest BCUT2D eigenvalue weighted by Crippen LogP contribution is 2.29. The summed E-state index contributed by atoms with van der Waals surface area (Å²) in [6, 6.07) is 16.4. The van der Waals surface area contributed by atoms with E-state index in [0.717, 1.165) is 19.3 Å². The van der Waals surface area contributed by atoms with E-state index in [1.54, 1.807) is 11.5 Å². The van der Waals surface area contributed by atoms with Gasteiger partial charge in [0.05, 0.1) is 0 Å². The van der Waals surface area contributed by atoms with E-state index < -0.39 is 5.91 Å². The van der Waals surface area contributed by atoms with Crippen LogP contribution in [-0.4, -0.2) is 11.1 Å². The summed E-state index contributed by atoms with van der Waals surface area (Å²) in [5, 5.41) is 8.77. The Bertz CT molecular complexity index is 667. The predicted octanol–water partition coefficient (Wildman–Crippen LogP) is 3.93. The molecule has 0 aromatic heterocycles. The molecule has 0 spiro atoms. The average Bonchev–Trinajstić information content (AvgIpc) is 2.61. The number of benzene rings is 2. The normalized spacial score (nSPS) is 16.7. The topological polar surface area (TPSA) is 49.3 Å². The largest absolute Gasteiger partial charge is 0.288 e. The smallest absolute Gasteiger partial charge is 0.274 e. The van der Waals surface area contributed by atoms with E-state index in [1.807, 2.05) is 12.1 Å². The van der Waals surface area contributed by atoms with Gasteiger partial charge in [-0.15, -0.1) is 0 Å². The first-order valence-electron chi connectivity index (χ1n) is 8.36. The predicted molar refractivity (Wildman–Crippen MR) is 90.6 cm³/mol. The van der Waals surface area contributed by atoms with Gasteiger partial charge in [0.2, 0.25) is 0 Å². The maximum absolute atomic E-state index is 11.5. The van der Waals surface area contributed by atoms with Gasteiger partial charge in [-0.1, -0.05) is 36.4 Å². The zero-order valence-electron chi connectivity index (χ0n) is 13.3. The number of hydrogen-bond donors (Lipinski definition) is 2. The van der Waals surface area contributed by atoms with Crippen molar-refractivity contribution in [2.24, 2.45) is 5.92 Å². The first-order chi connectivity index (χ1) is 11.3. The molecule has 2 N–H and O–H groups in total. The molecule has 0 saturated carbocycles. The third-order valence-corrected chi connectivity index (χ3v) is 4.82. The molecule has 3 heteroatoms.